The average molecular weight is 625 g/mol. The normalized spacial score (nSPS) is 20.4. The Morgan fingerprint density at radius 1 is 0.911 bits per heavy atom. The van der Waals surface area contributed by atoms with Crippen LogP contribution in [0.25, 0.3) is 0 Å². The number of nitrogens with one attached hydrogen (secondary N) is 1. The quantitative estimate of drug-likeness (QED) is 0.170. The first-order chi connectivity index (χ1) is 21.4. The number of halogens is 3. The summed E-state index contributed by atoms with van der Waals surface area (Å²) in [6, 6.07) is 21.5. The molecule has 2 fully saturated rings. The summed E-state index contributed by atoms with van der Waals surface area (Å²) in [5, 5.41) is 3.57. The first kappa shape index (κ1) is 32.8. The molecule has 2 aliphatic rings. The van der Waals surface area contributed by atoms with E-state index in [0.29, 0.717) is 55.3 Å². The van der Waals surface area contributed by atoms with E-state index in [2.05, 4.69) is 31.0 Å². The van der Waals surface area contributed by atoms with Crippen LogP contribution in [0.5, 0.6) is 11.5 Å². The van der Waals surface area contributed by atoms with Crippen LogP contribution in [0.1, 0.15) is 49.9 Å². The third kappa shape index (κ3) is 8.79. The van der Waals surface area contributed by atoms with Gasteiger partial charge < -0.3 is 19.5 Å². The Morgan fingerprint density at radius 2 is 1.58 bits per heavy atom. The SMILES string of the molecule is CCOC(=O)[C@H](Cc1ccc(OCCNC2[C@H]3CN(Cc4cccc(C(F)(F)F)c4)C[C@@H]23)cc1)Oc1ccc(C(C)(C)C)cc1. The van der Waals surface area contributed by atoms with Crippen molar-refractivity contribution in [3.63, 3.8) is 0 Å². The Labute approximate surface area is 263 Å². The highest BCUT2D eigenvalue weighted by Crippen LogP contribution is 2.46. The van der Waals surface area contributed by atoms with Crippen LogP contribution in [-0.4, -0.2) is 55.9 Å². The molecule has 0 bridgehead atoms. The molecule has 1 saturated carbocycles. The Morgan fingerprint density at radius 3 is 2.20 bits per heavy atom. The zero-order valence-corrected chi connectivity index (χ0v) is 26.4. The molecule has 9 heteroatoms. The third-order valence-electron chi connectivity index (χ3n) is 8.57. The molecule has 0 radical (unpaired) electrons. The van der Waals surface area contributed by atoms with E-state index in [0.717, 1.165) is 30.5 Å². The Kier molecular flexibility index (Phi) is 10.1. The van der Waals surface area contributed by atoms with Crippen molar-refractivity contribution in [2.45, 2.75) is 64.4 Å². The summed E-state index contributed by atoms with van der Waals surface area (Å²) in [4.78, 5) is 14.9. The molecule has 1 aliphatic carbocycles. The highest BCUT2D eigenvalue weighted by atomic mass is 19.4. The Bertz CT molecular complexity index is 1410. The summed E-state index contributed by atoms with van der Waals surface area (Å²) in [6.07, 6.45) is -4.71. The van der Waals surface area contributed by atoms with Crippen molar-refractivity contribution >= 4 is 5.97 Å². The van der Waals surface area contributed by atoms with Gasteiger partial charge in [-0.1, -0.05) is 63.2 Å². The van der Waals surface area contributed by atoms with Gasteiger partial charge in [-0.15, -0.1) is 0 Å². The van der Waals surface area contributed by atoms with Crippen molar-refractivity contribution in [2.24, 2.45) is 11.8 Å². The lowest BCUT2D eigenvalue weighted by Gasteiger charge is -2.21. The molecule has 3 aromatic rings. The zero-order valence-electron chi connectivity index (χ0n) is 26.4. The van der Waals surface area contributed by atoms with E-state index in [-0.39, 0.29) is 12.0 Å². The van der Waals surface area contributed by atoms with Gasteiger partial charge in [-0.25, -0.2) is 4.79 Å². The van der Waals surface area contributed by atoms with Crippen LogP contribution in [-0.2, 0) is 34.1 Å². The molecule has 1 aliphatic heterocycles. The van der Waals surface area contributed by atoms with E-state index >= 15 is 0 Å². The van der Waals surface area contributed by atoms with Crippen LogP contribution in [0.4, 0.5) is 13.2 Å². The van der Waals surface area contributed by atoms with E-state index in [1.807, 2.05) is 48.5 Å². The van der Waals surface area contributed by atoms with Crippen LogP contribution in [0.3, 0.4) is 0 Å². The van der Waals surface area contributed by atoms with Crippen LogP contribution in [0.2, 0.25) is 0 Å². The van der Waals surface area contributed by atoms with Crippen molar-refractivity contribution in [3.8, 4) is 11.5 Å². The van der Waals surface area contributed by atoms with E-state index in [1.54, 1.807) is 13.0 Å². The molecular weight excluding hydrogens is 581 g/mol. The van der Waals surface area contributed by atoms with Crippen molar-refractivity contribution in [2.75, 3.05) is 32.8 Å². The minimum absolute atomic E-state index is 0.0266. The molecule has 6 nitrogen and oxygen atoms in total. The number of nitrogens with zero attached hydrogens (tertiary/aromatic N) is 1. The molecule has 0 amide bonds. The van der Waals surface area contributed by atoms with E-state index < -0.39 is 23.8 Å². The maximum absolute atomic E-state index is 13.0. The molecule has 1 N–H and O–H groups in total. The van der Waals surface area contributed by atoms with Gasteiger partial charge in [0.2, 0.25) is 0 Å². The first-order valence-corrected chi connectivity index (χ1v) is 15.7. The van der Waals surface area contributed by atoms with Crippen LogP contribution in [0.15, 0.2) is 72.8 Å². The standard InChI is InChI=1S/C36H43F3N2O4/c1-5-43-34(42)32(45-29-15-11-26(12-16-29)35(2,3)4)20-24-9-13-28(14-10-24)44-18-17-40-33-30-22-41(23-31(30)33)21-25-7-6-8-27(19-25)36(37,38)39/h6-16,19,30-33,40H,5,17-18,20-23H2,1-4H3/t30-,31+,32-,33?/m0/s1. The molecule has 1 heterocycles. The van der Waals surface area contributed by atoms with Crippen molar-refractivity contribution < 1.29 is 32.2 Å². The van der Waals surface area contributed by atoms with Crippen LogP contribution < -0.4 is 14.8 Å². The van der Waals surface area contributed by atoms with Gasteiger partial charge >= 0.3 is 12.1 Å². The topological polar surface area (TPSA) is 60.0 Å². The lowest BCUT2D eigenvalue weighted by Crippen LogP contribution is -2.33. The summed E-state index contributed by atoms with van der Waals surface area (Å²) < 4.78 is 56.3. The zero-order chi connectivity index (χ0) is 32.2. The van der Waals surface area contributed by atoms with Crippen LogP contribution in [0, 0.1) is 11.8 Å². The molecule has 1 unspecified atom stereocenters. The lowest BCUT2D eigenvalue weighted by atomic mass is 9.87. The minimum atomic E-state index is -4.32. The number of fused-ring (bicyclic) bond motifs is 1. The summed E-state index contributed by atoms with van der Waals surface area (Å²) in [5.41, 5.74) is 2.26. The maximum atomic E-state index is 13.0. The summed E-state index contributed by atoms with van der Waals surface area (Å²) in [7, 11) is 0. The van der Waals surface area contributed by atoms with Crippen molar-refractivity contribution in [3.05, 3.63) is 95.1 Å². The predicted octanol–water partition coefficient (Wildman–Crippen LogP) is 6.65. The first-order valence-electron chi connectivity index (χ1n) is 15.7. The molecule has 242 valence electrons. The number of hydrogen-bond donors (Lipinski definition) is 1. The van der Waals surface area contributed by atoms with Gasteiger partial charge in [0.15, 0.2) is 6.10 Å². The second-order valence-corrected chi connectivity index (χ2v) is 13.0. The fourth-order valence-electron chi connectivity index (χ4n) is 6.09. The van der Waals surface area contributed by atoms with Gasteiger partial charge in [0.1, 0.15) is 18.1 Å². The minimum Gasteiger partial charge on any atom is -0.492 e. The number of alkyl halides is 3. The van der Waals surface area contributed by atoms with Crippen molar-refractivity contribution in [1.82, 2.24) is 10.2 Å². The van der Waals surface area contributed by atoms with Crippen molar-refractivity contribution in [1.29, 1.82) is 0 Å². The molecule has 45 heavy (non-hydrogen) atoms. The molecule has 1 saturated heterocycles. The van der Waals surface area contributed by atoms with E-state index in [4.69, 9.17) is 14.2 Å². The number of carbonyl (C=O) groups is 1. The highest BCUT2D eigenvalue weighted by Gasteiger charge is 2.55. The average Bonchev–Trinajstić information content (AvgIpc) is 3.44. The summed E-state index contributed by atoms with van der Waals surface area (Å²) >= 11 is 0. The predicted molar refractivity (Wildman–Crippen MR) is 167 cm³/mol. The number of likely N-dealkylation sites (tertiary alicyclic amines) is 1. The number of hydrogen-bond acceptors (Lipinski definition) is 6. The molecule has 4 atom stereocenters. The Balaban J connectivity index is 1.03. The smallest absolute Gasteiger partial charge is 0.416 e. The maximum Gasteiger partial charge on any atom is 0.416 e. The second kappa shape index (κ2) is 13.8. The molecule has 3 aromatic carbocycles. The molecular formula is C36H43F3N2O4. The fraction of sp³-hybridized carbons (Fsp3) is 0.472. The molecule has 0 aromatic heterocycles. The van der Waals surface area contributed by atoms with E-state index in [1.165, 1.54) is 17.7 Å². The second-order valence-electron chi connectivity index (χ2n) is 13.0. The van der Waals surface area contributed by atoms with Gasteiger partial charge in [-0.3, -0.25) is 4.90 Å². The number of carbonyl (C=O) groups excluding carboxylic acids is 1. The van der Waals surface area contributed by atoms with Gasteiger partial charge in [-0.05, 0) is 71.2 Å². The van der Waals surface area contributed by atoms with E-state index in [9.17, 15) is 18.0 Å². The number of esters is 1. The lowest BCUT2D eigenvalue weighted by molar-refractivity contribution is -0.151. The van der Waals surface area contributed by atoms with Gasteiger partial charge in [0.05, 0.1) is 12.2 Å². The highest BCUT2D eigenvalue weighted by molar-refractivity contribution is 5.75. The molecule has 0 spiro atoms. The third-order valence-corrected chi connectivity index (χ3v) is 8.57. The Hall–Kier alpha value is -3.56. The number of benzene rings is 3. The number of ether oxygens (including phenoxy) is 3. The summed E-state index contributed by atoms with van der Waals surface area (Å²) in [5.74, 6) is 2.03. The largest absolute Gasteiger partial charge is 0.492 e. The van der Waals surface area contributed by atoms with Gasteiger partial charge in [0.25, 0.3) is 0 Å². The van der Waals surface area contributed by atoms with Gasteiger partial charge in [-0.2, -0.15) is 13.2 Å². The summed E-state index contributed by atoms with van der Waals surface area (Å²) in [6.45, 7) is 12.1. The fourth-order valence-corrected chi connectivity index (χ4v) is 6.09. The number of rotatable bonds is 13. The van der Waals surface area contributed by atoms with Gasteiger partial charge in [0, 0.05) is 38.6 Å². The monoisotopic (exact) mass is 624 g/mol. The molecule has 5 rings (SSSR count). The number of piperidine rings is 1. The van der Waals surface area contributed by atoms with Crippen LogP contribution >= 0.6 is 0 Å².